The third-order valence-corrected chi connectivity index (χ3v) is 1.85. The summed E-state index contributed by atoms with van der Waals surface area (Å²) >= 11 is 0. The molecular formula is C10H12F3NO. The molecule has 1 aromatic rings. The normalized spacial score (nSPS) is 12.9. The molecule has 0 amide bonds. The highest BCUT2D eigenvalue weighted by molar-refractivity contribution is 5.31. The summed E-state index contributed by atoms with van der Waals surface area (Å²) in [6.07, 6.45) is -2.62. The van der Waals surface area contributed by atoms with E-state index in [-0.39, 0.29) is 11.8 Å². The van der Waals surface area contributed by atoms with Crippen molar-refractivity contribution in [3.05, 3.63) is 29.6 Å². The molecule has 84 valence electrons. The molecule has 15 heavy (non-hydrogen) atoms. The minimum atomic E-state index is -2.62. The molecular weight excluding hydrogens is 207 g/mol. The van der Waals surface area contributed by atoms with Gasteiger partial charge in [0, 0.05) is 6.04 Å². The van der Waals surface area contributed by atoms with Crippen molar-refractivity contribution >= 4 is 0 Å². The molecule has 0 bridgehead atoms. The molecule has 0 saturated heterocycles. The molecule has 0 aliphatic heterocycles. The van der Waals surface area contributed by atoms with Gasteiger partial charge < -0.3 is 10.5 Å². The Morgan fingerprint density at radius 1 is 1.40 bits per heavy atom. The van der Waals surface area contributed by atoms with Crippen molar-refractivity contribution in [1.82, 2.24) is 0 Å². The van der Waals surface area contributed by atoms with Crippen LogP contribution in [0.2, 0.25) is 0 Å². The van der Waals surface area contributed by atoms with E-state index in [1.165, 1.54) is 12.1 Å². The standard InChI is InChI=1S/C10H12F3NO/c1-6(14)7-2-3-8(11)9(4-7)15-5-10(12)13/h2-4,6,10H,5,14H2,1H3/t6-/m1/s1. The smallest absolute Gasteiger partial charge is 0.272 e. The fraction of sp³-hybridized carbons (Fsp3) is 0.400. The lowest BCUT2D eigenvalue weighted by atomic mass is 10.1. The van der Waals surface area contributed by atoms with Gasteiger partial charge in [0.15, 0.2) is 11.6 Å². The van der Waals surface area contributed by atoms with Crippen molar-refractivity contribution in [2.24, 2.45) is 5.73 Å². The summed E-state index contributed by atoms with van der Waals surface area (Å²) in [5, 5.41) is 0. The van der Waals surface area contributed by atoms with Crippen LogP contribution in [0.15, 0.2) is 18.2 Å². The first-order chi connectivity index (χ1) is 7.00. The van der Waals surface area contributed by atoms with Gasteiger partial charge in [0.2, 0.25) is 0 Å². The van der Waals surface area contributed by atoms with E-state index < -0.39 is 18.8 Å². The van der Waals surface area contributed by atoms with Crippen LogP contribution in [0.3, 0.4) is 0 Å². The zero-order valence-electron chi connectivity index (χ0n) is 8.21. The van der Waals surface area contributed by atoms with Crippen molar-refractivity contribution in [2.45, 2.75) is 19.4 Å². The highest BCUT2D eigenvalue weighted by Crippen LogP contribution is 2.22. The third kappa shape index (κ3) is 3.43. The molecule has 0 fully saturated rings. The maximum Gasteiger partial charge on any atom is 0.272 e. The number of hydrogen-bond donors (Lipinski definition) is 1. The van der Waals surface area contributed by atoms with Crippen LogP contribution >= 0.6 is 0 Å². The molecule has 0 radical (unpaired) electrons. The Hall–Kier alpha value is -1.23. The molecule has 2 nitrogen and oxygen atoms in total. The van der Waals surface area contributed by atoms with Crippen molar-refractivity contribution < 1.29 is 17.9 Å². The monoisotopic (exact) mass is 219 g/mol. The predicted molar refractivity (Wildman–Crippen MR) is 50.5 cm³/mol. The maximum absolute atomic E-state index is 13.1. The Bertz CT molecular complexity index is 328. The van der Waals surface area contributed by atoms with Crippen LogP contribution in [-0.4, -0.2) is 13.0 Å². The Morgan fingerprint density at radius 3 is 2.60 bits per heavy atom. The molecule has 1 atom stereocenters. The second-order valence-corrected chi connectivity index (χ2v) is 3.18. The first-order valence-corrected chi connectivity index (χ1v) is 4.46. The van der Waals surface area contributed by atoms with Crippen LogP contribution in [0.1, 0.15) is 18.5 Å². The molecule has 0 aromatic heterocycles. The third-order valence-electron chi connectivity index (χ3n) is 1.85. The SMILES string of the molecule is C[C@@H](N)c1ccc(F)c(OCC(F)F)c1. The molecule has 0 unspecified atom stereocenters. The molecule has 0 spiro atoms. The lowest BCUT2D eigenvalue weighted by Gasteiger charge is -2.10. The first-order valence-electron chi connectivity index (χ1n) is 4.46. The highest BCUT2D eigenvalue weighted by Gasteiger charge is 2.10. The number of ether oxygens (including phenoxy) is 1. The average molecular weight is 219 g/mol. The summed E-state index contributed by atoms with van der Waals surface area (Å²) in [6, 6.07) is 3.69. The highest BCUT2D eigenvalue weighted by atomic mass is 19.3. The lowest BCUT2D eigenvalue weighted by Crippen LogP contribution is -2.10. The van der Waals surface area contributed by atoms with Gasteiger partial charge in [0.05, 0.1) is 0 Å². The van der Waals surface area contributed by atoms with E-state index in [0.717, 1.165) is 6.07 Å². The zero-order chi connectivity index (χ0) is 11.4. The van der Waals surface area contributed by atoms with Crippen LogP contribution in [0.25, 0.3) is 0 Å². The zero-order valence-corrected chi connectivity index (χ0v) is 8.21. The maximum atomic E-state index is 13.1. The Morgan fingerprint density at radius 2 is 2.07 bits per heavy atom. The number of nitrogens with two attached hydrogens (primary N) is 1. The number of alkyl halides is 2. The van der Waals surface area contributed by atoms with Gasteiger partial charge in [-0.1, -0.05) is 6.07 Å². The second kappa shape index (κ2) is 5.02. The summed E-state index contributed by atoms with van der Waals surface area (Å²) < 4.78 is 41.4. The number of hydrogen-bond acceptors (Lipinski definition) is 2. The quantitative estimate of drug-likeness (QED) is 0.844. The summed E-state index contributed by atoms with van der Waals surface area (Å²) in [4.78, 5) is 0. The minimum absolute atomic E-state index is 0.190. The fourth-order valence-corrected chi connectivity index (χ4v) is 1.07. The molecule has 1 aromatic carbocycles. The van der Waals surface area contributed by atoms with Gasteiger partial charge in [-0.15, -0.1) is 0 Å². The fourth-order valence-electron chi connectivity index (χ4n) is 1.07. The second-order valence-electron chi connectivity index (χ2n) is 3.18. The van der Waals surface area contributed by atoms with E-state index in [9.17, 15) is 13.2 Å². The summed E-state index contributed by atoms with van der Waals surface area (Å²) in [7, 11) is 0. The van der Waals surface area contributed by atoms with E-state index >= 15 is 0 Å². The number of rotatable bonds is 4. The summed E-state index contributed by atoms with van der Waals surface area (Å²) in [6.45, 7) is 0.892. The van der Waals surface area contributed by atoms with Gasteiger partial charge in [-0.2, -0.15) is 0 Å². The Balaban J connectivity index is 2.81. The van der Waals surface area contributed by atoms with Crippen LogP contribution in [-0.2, 0) is 0 Å². The van der Waals surface area contributed by atoms with E-state index in [0.29, 0.717) is 5.56 Å². The van der Waals surface area contributed by atoms with E-state index in [2.05, 4.69) is 4.74 Å². The minimum Gasteiger partial charge on any atom is -0.485 e. The molecule has 0 aliphatic carbocycles. The molecule has 2 N–H and O–H groups in total. The Labute approximate surface area is 85.8 Å². The number of halogens is 3. The van der Waals surface area contributed by atoms with Crippen molar-refractivity contribution in [3.63, 3.8) is 0 Å². The first kappa shape index (κ1) is 11.8. The Kier molecular flexibility index (Phi) is 3.96. The van der Waals surface area contributed by atoms with Crippen molar-refractivity contribution in [2.75, 3.05) is 6.61 Å². The summed E-state index contributed by atoms with van der Waals surface area (Å²) in [5.41, 5.74) is 6.20. The van der Waals surface area contributed by atoms with Crippen LogP contribution in [0.4, 0.5) is 13.2 Å². The van der Waals surface area contributed by atoms with Gasteiger partial charge in [-0.05, 0) is 24.6 Å². The average Bonchev–Trinajstić information content (AvgIpc) is 2.16. The van der Waals surface area contributed by atoms with Gasteiger partial charge in [-0.25, -0.2) is 13.2 Å². The van der Waals surface area contributed by atoms with E-state index in [1.54, 1.807) is 6.92 Å². The van der Waals surface area contributed by atoms with Crippen LogP contribution in [0, 0.1) is 5.82 Å². The molecule has 0 aliphatic rings. The molecule has 1 rings (SSSR count). The predicted octanol–water partition coefficient (Wildman–Crippen LogP) is 2.49. The molecule has 5 heteroatoms. The number of benzene rings is 1. The largest absolute Gasteiger partial charge is 0.485 e. The molecule has 0 heterocycles. The van der Waals surface area contributed by atoms with Crippen LogP contribution < -0.4 is 10.5 Å². The van der Waals surface area contributed by atoms with E-state index in [1.807, 2.05) is 0 Å². The van der Waals surface area contributed by atoms with Gasteiger partial charge >= 0.3 is 0 Å². The topological polar surface area (TPSA) is 35.2 Å². The molecule has 0 saturated carbocycles. The summed E-state index contributed by atoms with van der Waals surface area (Å²) in [5.74, 6) is -0.856. The van der Waals surface area contributed by atoms with E-state index in [4.69, 9.17) is 5.73 Å². The van der Waals surface area contributed by atoms with Gasteiger partial charge in [0.1, 0.15) is 6.61 Å². The lowest BCUT2D eigenvalue weighted by molar-refractivity contribution is 0.0798. The van der Waals surface area contributed by atoms with Crippen molar-refractivity contribution in [1.29, 1.82) is 0 Å². The van der Waals surface area contributed by atoms with Gasteiger partial charge in [0.25, 0.3) is 6.43 Å². The van der Waals surface area contributed by atoms with Crippen molar-refractivity contribution in [3.8, 4) is 5.75 Å². The van der Waals surface area contributed by atoms with Gasteiger partial charge in [-0.3, -0.25) is 0 Å². The van der Waals surface area contributed by atoms with Crippen LogP contribution in [0.5, 0.6) is 5.75 Å².